The first-order valence-electron chi connectivity index (χ1n) is 11.9. The summed E-state index contributed by atoms with van der Waals surface area (Å²) in [4.78, 5) is 6.84. The number of nitrogens with zero attached hydrogens (tertiary/aromatic N) is 2. The van der Waals surface area contributed by atoms with Gasteiger partial charge in [-0.15, -0.1) is 0 Å². The Morgan fingerprint density at radius 1 is 0.971 bits per heavy atom. The minimum Gasteiger partial charge on any atom is -0.494 e. The zero-order valence-corrected chi connectivity index (χ0v) is 20.7. The maximum Gasteiger partial charge on any atom is 0.119 e. The van der Waals surface area contributed by atoms with E-state index in [-0.39, 0.29) is 0 Å². The molecule has 4 rings (SSSR count). The fourth-order valence-corrected chi connectivity index (χ4v) is 4.62. The molecule has 1 aliphatic heterocycles. The predicted octanol–water partition coefficient (Wildman–Crippen LogP) is 5.50. The molecule has 0 radical (unpaired) electrons. The Kier molecular flexibility index (Phi) is 8.60. The van der Waals surface area contributed by atoms with Gasteiger partial charge >= 0.3 is 0 Å². The Balaban J connectivity index is 1.29. The molecule has 0 bridgehead atoms. The van der Waals surface area contributed by atoms with Crippen molar-refractivity contribution in [3.05, 3.63) is 83.1 Å². The van der Waals surface area contributed by atoms with Crippen molar-refractivity contribution in [2.24, 2.45) is 5.92 Å². The van der Waals surface area contributed by atoms with Gasteiger partial charge < -0.3 is 15.0 Å². The van der Waals surface area contributed by atoms with E-state index in [1.165, 1.54) is 12.8 Å². The molecule has 1 aliphatic rings. The number of rotatable bonds is 7. The summed E-state index contributed by atoms with van der Waals surface area (Å²) in [7, 11) is 4.36. The van der Waals surface area contributed by atoms with Crippen molar-refractivity contribution in [3.63, 3.8) is 0 Å². The number of nitrogens with one attached hydrogen (secondary N) is 1. The molecule has 3 aromatic rings. The summed E-state index contributed by atoms with van der Waals surface area (Å²) >= 11 is 5.97. The minimum atomic E-state index is 0.561. The number of hydrogen-bond donors (Lipinski definition) is 1. The molecule has 0 aliphatic carbocycles. The molecule has 0 amide bonds. The Morgan fingerprint density at radius 2 is 1.68 bits per heavy atom. The Bertz CT molecular complexity index is 1090. The van der Waals surface area contributed by atoms with Gasteiger partial charge in [0, 0.05) is 28.4 Å². The van der Waals surface area contributed by atoms with Gasteiger partial charge in [-0.05, 0) is 106 Å². The summed E-state index contributed by atoms with van der Waals surface area (Å²) in [6.45, 7) is 2.97. The highest BCUT2D eigenvalue weighted by Gasteiger charge is 2.24. The van der Waals surface area contributed by atoms with Crippen LogP contribution in [0.2, 0.25) is 5.02 Å². The Labute approximate surface area is 208 Å². The lowest BCUT2D eigenvalue weighted by atomic mass is 9.88. The van der Waals surface area contributed by atoms with Crippen LogP contribution in [-0.4, -0.2) is 49.7 Å². The van der Waals surface area contributed by atoms with E-state index in [9.17, 15) is 0 Å². The molecule has 5 heteroatoms. The van der Waals surface area contributed by atoms with E-state index in [1.807, 2.05) is 66.9 Å². The Hall–Kier alpha value is -2.84. The van der Waals surface area contributed by atoms with Gasteiger partial charge in [0.15, 0.2) is 0 Å². The molecular weight excluding hydrogens is 442 g/mol. The van der Waals surface area contributed by atoms with Crippen molar-refractivity contribution < 1.29 is 4.74 Å². The number of benzene rings is 2. The molecule has 1 aromatic heterocycles. The van der Waals surface area contributed by atoms with Gasteiger partial charge in [-0.3, -0.25) is 0 Å². The second kappa shape index (κ2) is 12.0. The third-order valence-corrected chi connectivity index (χ3v) is 6.66. The summed E-state index contributed by atoms with van der Waals surface area (Å²) in [5, 5.41) is 4.19. The largest absolute Gasteiger partial charge is 0.494 e. The fourth-order valence-electron chi connectivity index (χ4n) is 4.49. The lowest BCUT2D eigenvalue weighted by Crippen LogP contribution is -2.42. The second-order valence-corrected chi connectivity index (χ2v) is 9.41. The first-order valence-corrected chi connectivity index (χ1v) is 12.3. The molecule has 2 heterocycles. The van der Waals surface area contributed by atoms with Crippen molar-refractivity contribution in [2.45, 2.75) is 25.3 Å². The molecule has 2 aromatic carbocycles. The topological polar surface area (TPSA) is 37.4 Å². The average molecular weight is 474 g/mol. The molecule has 0 saturated carbocycles. The van der Waals surface area contributed by atoms with Crippen LogP contribution in [0, 0.1) is 17.8 Å². The molecule has 1 N–H and O–H groups in total. The zero-order valence-electron chi connectivity index (χ0n) is 19.9. The number of halogens is 1. The van der Waals surface area contributed by atoms with Crippen molar-refractivity contribution in [1.29, 1.82) is 0 Å². The molecule has 1 saturated heterocycles. The van der Waals surface area contributed by atoms with Gasteiger partial charge in [-0.1, -0.05) is 35.7 Å². The molecule has 34 heavy (non-hydrogen) atoms. The van der Waals surface area contributed by atoms with Crippen molar-refractivity contribution in [3.8, 4) is 28.7 Å². The van der Waals surface area contributed by atoms with E-state index in [2.05, 4.69) is 41.1 Å². The SMILES string of the molecule is CN(C)C(CCOc1ccc(C#Cc2ccc(-c3ccc(Cl)cc3)cn2)cc1)C1CCNCC1. The molecule has 1 fully saturated rings. The zero-order chi connectivity index (χ0) is 23.8. The molecule has 0 spiro atoms. The van der Waals surface area contributed by atoms with Crippen LogP contribution in [0.3, 0.4) is 0 Å². The van der Waals surface area contributed by atoms with E-state index >= 15 is 0 Å². The standard InChI is InChI=1S/C29H32ClN3O/c1-33(2)29(24-15-18-31-19-16-24)17-20-34-28-13-4-22(5-14-28)3-11-27-12-8-25(21-32-27)23-6-9-26(30)10-7-23/h4-10,12-14,21,24,29,31H,15-20H2,1-2H3. The third kappa shape index (κ3) is 6.84. The van der Waals surface area contributed by atoms with Crippen molar-refractivity contribution in [2.75, 3.05) is 33.8 Å². The van der Waals surface area contributed by atoms with Crippen LogP contribution in [0.1, 0.15) is 30.5 Å². The maximum atomic E-state index is 6.05. The third-order valence-electron chi connectivity index (χ3n) is 6.40. The van der Waals surface area contributed by atoms with Crippen LogP contribution < -0.4 is 10.1 Å². The molecular formula is C29H32ClN3O. The van der Waals surface area contributed by atoms with E-state index in [4.69, 9.17) is 16.3 Å². The van der Waals surface area contributed by atoms with E-state index in [0.717, 1.165) is 65.2 Å². The lowest BCUT2D eigenvalue weighted by Gasteiger charge is -2.35. The summed E-state index contributed by atoms with van der Waals surface area (Å²) in [6, 6.07) is 20.3. The highest BCUT2D eigenvalue weighted by molar-refractivity contribution is 6.30. The van der Waals surface area contributed by atoms with Gasteiger partial charge in [0.2, 0.25) is 0 Å². The first-order chi connectivity index (χ1) is 16.6. The smallest absolute Gasteiger partial charge is 0.119 e. The Morgan fingerprint density at radius 3 is 2.32 bits per heavy atom. The number of hydrogen-bond acceptors (Lipinski definition) is 4. The maximum absolute atomic E-state index is 6.05. The minimum absolute atomic E-state index is 0.561. The fraction of sp³-hybridized carbons (Fsp3) is 0.345. The van der Waals surface area contributed by atoms with Gasteiger partial charge in [-0.2, -0.15) is 0 Å². The van der Waals surface area contributed by atoms with Gasteiger partial charge in [0.05, 0.1) is 6.61 Å². The molecule has 1 unspecified atom stereocenters. The monoisotopic (exact) mass is 473 g/mol. The molecule has 176 valence electrons. The predicted molar refractivity (Wildman–Crippen MR) is 140 cm³/mol. The summed E-state index contributed by atoms with van der Waals surface area (Å²) in [6.07, 6.45) is 5.37. The summed E-state index contributed by atoms with van der Waals surface area (Å²) in [5.41, 5.74) is 3.81. The molecule has 1 atom stereocenters. The number of piperidine rings is 1. The lowest BCUT2D eigenvalue weighted by molar-refractivity contribution is 0.143. The van der Waals surface area contributed by atoms with Gasteiger partial charge in [0.25, 0.3) is 0 Å². The average Bonchev–Trinajstić information content (AvgIpc) is 2.87. The second-order valence-electron chi connectivity index (χ2n) is 8.97. The number of aromatic nitrogens is 1. The number of pyridine rings is 1. The van der Waals surface area contributed by atoms with Crippen LogP contribution in [0.4, 0.5) is 0 Å². The summed E-state index contributed by atoms with van der Waals surface area (Å²) in [5.74, 6) is 7.96. The van der Waals surface area contributed by atoms with Crippen molar-refractivity contribution in [1.82, 2.24) is 15.2 Å². The van der Waals surface area contributed by atoms with Crippen LogP contribution in [-0.2, 0) is 0 Å². The van der Waals surface area contributed by atoms with Crippen LogP contribution in [0.15, 0.2) is 66.9 Å². The van der Waals surface area contributed by atoms with E-state index in [0.29, 0.717) is 6.04 Å². The van der Waals surface area contributed by atoms with Gasteiger partial charge in [-0.25, -0.2) is 4.98 Å². The van der Waals surface area contributed by atoms with Crippen LogP contribution in [0.25, 0.3) is 11.1 Å². The molecule has 4 nitrogen and oxygen atoms in total. The van der Waals surface area contributed by atoms with E-state index < -0.39 is 0 Å². The summed E-state index contributed by atoms with van der Waals surface area (Å²) < 4.78 is 6.05. The van der Waals surface area contributed by atoms with Gasteiger partial charge in [0.1, 0.15) is 11.4 Å². The van der Waals surface area contributed by atoms with Crippen LogP contribution >= 0.6 is 11.6 Å². The highest BCUT2D eigenvalue weighted by atomic mass is 35.5. The first kappa shape index (κ1) is 24.3. The van der Waals surface area contributed by atoms with E-state index in [1.54, 1.807) is 0 Å². The van der Waals surface area contributed by atoms with Crippen molar-refractivity contribution >= 4 is 11.6 Å². The normalized spacial score (nSPS) is 14.9. The van der Waals surface area contributed by atoms with Crippen LogP contribution in [0.5, 0.6) is 5.75 Å². The number of ether oxygens (including phenoxy) is 1. The highest BCUT2D eigenvalue weighted by Crippen LogP contribution is 2.23. The quantitative estimate of drug-likeness (QED) is 0.460.